The number of hydrogen-bond acceptors (Lipinski definition) is 1. The first-order valence-corrected chi connectivity index (χ1v) is 6.02. The molecule has 0 aliphatic carbocycles. The molecule has 1 aromatic carbocycles. The van der Waals surface area contributed by atoms with Crippen LogP contribution in [0.3, 0.4) is 0 Å². The van der Waals surface area contributed by atoms with Crippen LogP contribution in [0.5, 0.6) is 0 Å². The van der Waals surface area contributed by atoms with Gasteiger partial charge in [0.1, 0.15) is 0 Å². The van der Waals surface area contributed by atoms with E-state index in [1.807, 2.05) is 10.1 Å². The van der Waals surface area contributed by atoms with E-state index < -0.39 is 0 Å². The van der Waals surface area contributed by atoms with E-state index in [1.54, 1.807) is 0 Å². The molecule has 0 saturated carbocycles. The molecule has 1 aromatic rings. The largest absolute Gasteiger partial charge is 0.297 e. The lowest BCUT2D eigenvalue weighted by molar-refractivity contribution is 0.361. The van der Waals surface area contributed by atoms with Gasteiger partial charge in [-0.25, -0.2) is 0 Å². The molecule has 0 radical (unpaired) electrons. The average Bonchev–Trinajstić information content (AvgIpc) is 2.19. The van der Waals surface area contributed by atoms with Gasteiger partial charge in [0.15, 0.2) is 0 Å². The summed E-state index contributed by atoms with van der Waals surface area (Å²) in [6.07, 6.45) is 0. The predicted molar refractivity (Wildman–Crippen MR) is 70.7 cm³/mol. The third-order valence-corrected chi connectivity index (χ3v) is 3.18. The van der Waals surface area contributed by atoms with Gasteiger partial charge in [0.05, 0.1) is 0 Å². The zero-order chi connectivity index (χ0) is 10.4. The van der Waals surface area contributed by atoms with E-state index >= 15 is 0 Å². The lowest BCUT2D eigenvalue weighted by Crippen LogP contribution is -2.19. The lowest BCUT2D eigenvalue weighted by Gasteiger charge is -2.15. The van der Waals surface area contributed by atoms with Crippen LogP contribution in [0.1, 0.15) is 5.56 Å². The van der Waals surface area contributed by atoms with Gasteiger partial charge in [0, 0.05) is 18.1 Å². The van der Waals surface area contributed by atoms with Gasteiger partial charge in [-0.05, 0) is 16.7 Å². The first kappa shape index (κ1) is 12.0. The van der Waals surface area contributed by atoms with Crippen molar-refractivity contribution >= 4 is 34.2 Å². The van der Waals surface area contributed by atoms with Crippen molar-refractivity contribution in [2.24, 2.45) is 0 Å². The van der Waals surface area contributed by atoms with Crippen molar-refractivity contribution in [1.29, 1.82) is 0 Å². The molecule has 0 fully saturated rings. The third kappa shape index (κ3) is 4.44. The van der Waals surface area contributed by atoms with Crippen LogP contribution in [0.4, 0.5) is 0 Å². The standard InChI is InChI=1S/C11H13ClIN/c1-14(9-11(12)7-13)8-10-5-3-2-4-6-10/h2-7H,8-9H2,1H3/b11-7+. The molecule has 0 saturated heterocycles. The van der Waals surface area contributed by atoms with E-state index in [2.05, 4.69) is 58.8 Å². The van der Waals surface area contributed by atoms with Crippen LogP contribution in [-0.2, 0) is 6.54 Å². The Hall–Kier alpha value is -0.0600. The molecule has 0 heterocycles. The van der Waals surface area contributed by atoms with Crippen LogP contribution in [0.25, 0.3) is 0 Å². The van der Waals surface area contributed by atoms with Crippen molar-refractivity contribution < 1.29 is 0 Å². The maximum Gasteiger partial charge on any atom is 0.0381 e. The fourth-order valence-corrected chi connectivity index (χ4v) is 1.64. The van der Waals surface area contributed by atoms with E-state index in [0.717, 1.165) is 18.1 Å². The summed E-state index contributed by atoms with van der Waals surface area (Å²) in [6, 6.07) is 10.4. The summed E-state index contributed by atoms with van der Waals surface area (Å²) < 4.78 is 1.90. The van der Waals surface area contributed by atoms with Gasteiger partial charge in [-0.1, -0.05) is 64.5 Å². The highest BCUT2D eigenvalue weighted by molar-refractivity contribution is 14.1. The van der Waals surface area contributed by atoms with Crippen molar-refractivity contribution in [3.8, 4) is 0 Å². The Morgan fingerprint density at radius 1 is 1.43 bits per heavy atom. The van der Waals surface area contributed by atoms with E-state index in [9.17, 15) is 0 Å². The number of hydrogen-bond donors (Lipinski definition) is 0. The molecular formula is C11H13ClIN. The molecular weight excluding hydrogens is 308 g/mol. The minimum absolute atomic E-state index is 0.805. The van der Waals surface area contributed by atoms with Crippen LogP contribution in [0.2, 0.25) is 0 Å². The summed E-state index contributed by atoms with van der Waals surface area (Å²) in [6.45, 7) is 1.74. The number of benzene rings is 1. The summed E-state index contributed by atoms with van der Waals surface area (Å²) in [5.74, 6) is 0. The quantitative estimate of drug-likeness (QED) is 0.765. The average molecular weight is 322 g/mol. The van der Waals surface area contributed by atoms with E-state index in [1.165, 1.54) is 5.56 Å². The maximum atomic E-state index is 5.94. The Bertz CT molecular complexity index is 297. The minimum Gasteiger partial charge on any atom is -0.297 e. The molecule has 0 spiro atoms. The lowest BCUT2D eigenvalue weighted by atomic mass is 10.2. The van der Waals surface area contributed by atoms with E-state index in [0.29, 0.717) is 0 Å². The zero-order valence-electron chi connectivity index (χ0n) is 8.08. The first-order valence-electron chi connectivity index (χ1n) is 4.39. The fourth-order valence-electron chi connectivity index (χ4n) is 1.24. The Balaban J connectivity index is 2.45. The molecule has 0 bridgehead atoms. The summed E-state index contributed by atoms with van der Waals surface area (Å²) in [4.78, 5) is 2.19. The summed E-state index contributed by atoms with van der Waals surface area (Å²) >= 11 is 8.10. The second kappa shape index (κ2) is 6.43. The predicted octanol–water partition coefficient (Wildman–Crippen LogP) is 3.63. The normalized spacial score (nSPS) is 12.1. The van der Waals surface area contributed by atoms with Gasteiger partial charge >= 0.3 is 0 Å². The van der Waals surface area contributed by atoms with Crippen molar-refractivity contribution in [2.45, 2.75) is 6.54 Å². The molecule has 0 N–H and O–H groups in total. The Labute approximate surface area is 104 Å². The SMILES string of the molecule is CN(C/C(Cl)=C\I)Cc1ccccc1. The zero-order valence-corrected chi connectivity index (χ0v) is 11.0. The molecule has 76 valence electrons. The molecule has 0 amide bonds. The highest BCUT2D eigenvalue weighted by Crippen LogP contribution is 2.09. The van der Waals surface area contributed by atoms with Crippen LogP contribution < -0.4 is 0 Å². The highest BCUT2D eigenvalue weighted by atomic mass is 127. The number of rotatable bonds is 4. The summed E-state index contributed by atoms with van der Waals surface area (Å²) in [5.41, 5.74) is 1.31. The molecule has 0 aromatic heterocycles. The maximum absolute atomic E-state index is 5.94. The van der Waals surface area contributed by atoms with Gasteiger partial charge in [-0.3, -0.25) is 4.90 Å². The summed E-state index contributed by atoms with van der Waals surface area (Å²) in [7, 11) is 2.06. The highest BCUT2D eigenvalue weighted by Gasteiger charge is 2.01. The summed E-state index contributed by atoms with van der Waals surface area (Å²) in [5, 5.41) is 0.879. The van der Waals surface area contributed by atoms with Crippen LogP contribution in [0.15, 0.2) is 39.4 Å². The van der Waals surface area contributed by atoms with Crippen molar-refractivity contribution in [3.63, 3.8) is 0 Å². The van der Waals surface area contributed by atoms with Crippen LogP contribution >= 0.6 is 34.2 Å². The molecule has 0 aliphatic rings. The Morgan fingerprint density at radius 2 is 2.07 bits per heavy atom. The topological polar surface area (TPSA) is 3.24 Å². The van der Waals surface area contributed by atoms with Gasteiger partial charge in [-0.15, -0.1) is 0 Å². The van der Waals surface area contributed by atoms with Gasteiger partial charge in [-0.2, -0.15) is 0 Å². The molecule has 0 aliphatic heterocycles. The van der Waals surface area contributed by atoms with Crippen molar-refractivity contribution in [3.05, 3.63) is 45.0 Å². The van der Waals surface area contributed by atoms with Crippen molar-refractivity contribution in [2.75, 3.05) is 13.6 Å². The Morgan fingerprint density at radius 3 is 2.64 bits per heavy atom. The number of halogens is 2. The van der Waals surface area contributed by atoms with Crippen LogP contribution in [0, 0.1) is 0 Å². The van der Waals surface area contributed by atoms with E-state index in [-0.39, 0.29) is 0 Å². The molecule has 1 nitrogen and oxygen atoms in total. The molecule has 1 rings (SSSR count). The first-order chi connectivity index (χ1) is 6.72. The molecule has 3 heteroatoms. The van der Waals surface area contributed by atoms with Gasteiger partial charge < -0.3 is 0 Å². The smallest absolute Gasteiger partial charge is 0.0381 e. The minimum atomic E-state index is 0.805. The van der Waals surface area contributed by atoms with Gasteiger partial charge in [0.2, 0.25) is 0 Å². The molecule has 0 unspecified atom stereocenters. The monoisotopic (exact) mass is 321 g/mol. The van der Waals surface area contributed by atoms with Crippen molar-refractivity contribution in [1.82, 2.24) is 4.90 Å². The van der Waals surface area contributed by atoms with Gasteiger partial charge in [0.25, 0.3) is 0 Å². The number of nitrogens with zero attached hydrogens (tertiary/aromatic N) is 1. The van der Waals surface area contributed by atoms with E-state index in [4.69, 9.17) is 11.6 Å². The third-order valence-electron chi connectivity index (χ3n) is 1.83. The molecule has 14 heavy (non-hydrogen) atoms. The molecule has 0 atom stereocenters. The Kier molecular flexibility index (Phi) is 5.52. The number of likely N-dealkylation sites (N-methyl/N-ethyl adjacent to an activating group) is 1. The van der Waals surface area contributed by atoms with Crippen LogP contribution in [-0.4, -0.2) is 18.5 Å². The second-order valence-electron chi connectivity index (χ2n) is 3.21. The second-order valence-corrected chi connectivity index (χ2v) is 4.32. The fraction of sp³-hybridized carbons (Fsp3) is 0.273.